The average Bonchev–Trinajstić information content (AvgIpc) is 3.57. The second kappa shape index (κ2) is 13.3. The van der Waals surface area contributed by atoms with Crippen LogP contribution in [-0.2, 0) is 5.16 Å². The van der Waals surface area contributed by atoms with Crippen molar-refractivity contribution in [3.63, 3.8) is 0 Å². The van der Waals surface area contributed by atoms with Gasteiger partial charge in [-0.1, -0.05) is 168 Å². The molecule has 0 aliphatic carbocycles. The molecule has 0 atom stereocenters. The molecule has 0 fully saturated rings. The van der Waals surface area contributed by atoms with Gasteiger partial charge in [-0.05, 0) is 23.3 Å². The van der Waals surface area contributed by atoms with Crippen LogP contribution in [-0.4, -0.2) is 25.8 Å². The fourth-order valence-corrected chi connectivity index (χ4v) is 8.05. The van der Waals surface area contributed by atoms with Gasteiger partial charge in [-0.2, -0.15) is 0 Å². The van der Waals surface area contributed by atoms with Gasteiger partial charge in [0.05, 0.1) is 21.0 Å². The predicted octanol–water partition coefficient (Wildman–Crippen LogP) is 5.71. The van der Waals surface area contributed by atoms with Crippen molar-refractivity contribution >= 4 is 43.9 Å². The van der Waals surface area contributed by atoms with Crippen molar-refractivity contribution in [2.24, 2.45) is 0 Å². The standard InChI is InChI=1S/C22H19ClN2Si.C13H13B/c23-20-12-7-13-21(16-20)26-22(25-15-14-24-17-25,18-8-3-1-4-9-18)19-10-5-2-6-11-19;1-14(12-8-4-2-5-9-12)13-10-6-3-7-11-13/h1-17H,26H2;2-11H,1H3. The first kappa shape index (κ1) is 27.4. The molecule has 0 amide bonds. The van der Waals surface area contributed by atoms with Gasteiger partial charge in [-0.25, -0.2) is 4.98 Å². The van der Waals surface area contributed by atoms with Crippen LogP contribution in [0.15, 0.2) is 164 Å². The largest absolute Gasteiger partial charge is 0.326 e. The molecule has 0 saturated heterocycles. The minimum Gasteiger partial charge on any atom is -0.326 e. The zero-order valence-corrected chi connectivity index (χ0v) is 24.8. The molecule has 196 valence electrons. The zero-order valence-electron chi connectivity index (χ0n) is 22.6. The summed E-state index contributed by atoms with van der Waals surface area (Å²) in [4.78, 5) is 4.36. The van der Waals surface area contributed by atoms with Crippen molar-refractivity contribution in [3.8, 4) is 0 Å². The molecular formula is C35H32BClN2Si. The molecule has 5 aromatic carbocycles. The third kappa shape index (κ3) is 6.36. The van der Waals surface area contributed by atoms with Gasteiger partial charge in [0.15, 0.2) is 0 Å². The highest BCUT2D eigenvalue weighted by Crippen LogP contribution is 2.33. The Morgan fingerprint density at radius 3 is 1.60 bits per heavy atom. The highest BCUT2D eigenvalue weighted by atomic mass is 35.5. The fraction of sp³-hybridized carbons (Fsp3) is 0.0571. The average molecular weight is 555 g/mol. The van der Waals surface area contributed by atoms with Crippen molar-refractivity contribution in [1.82, 2.24) is 9.55 Å². The highest BCUT2D eigenvalue weighted by Gasteiger charge is 2.36. The first-order valence-electron chi connectivity index (χ1n) is 13.6. The number of rotatable bonds is 7. The van der Waals surface area contributed by atoms with E-state index < -0.39 is 9.52 Å². The molecule has 1 heterocycles. The van der Waals surface area contributed by atoms with E-state index in [4.69, 9.17) is 11.6 Å². The van der Waals surface area contributed by atoms with Gasteiger partial charge in [-0.3, -0.25) is 0 Å². The number of benzene rings is 5. The molecule has 6 aromatic rings. The zero-order chi connectivity index (χ0) is 27.6. The first-order chi connectivity index (χ1) is 19.7. The lowest BCUT2D eigenvalue weighted by molar-refractivity contribution is 0.596. The van der Waals surface area contributed by atoms with E-state index in [0.717, 1.165) is 5.02 Å². The Morgan fingerprint density at radius 1 is 0.650 bits per heavy atom. The Bertz CT molecular complexity index is 1500. The van der Waals surface area contributed by atoms with E-state index in [9.17, 15) is 0 Å². The van der Waals surface area contributed by atoms with Crippen LogP contribution in [0.2, 0.25) is 11.8 Å². The van der Waals surface area contributed by atoms with E-state index in [1.54, 1.807) is 0 Å². The summed E-state index contributed by atoms with van der Waals surface area (Å²) < 4.78 is 2.25. The second-order valence-corrected chi connectivity index (χ2v) is 12.5. The molecule has 0 aliphatic heterocycles. The molecular weight excluding hydrogens is 523 g/mol. The van der Waals surface area contributed by atoms with Crippen LogP contribution in [0, 0.1) is 0 Å². The summed E-state index contributed by atoms with van der Waals surface area (Å²) >= 11 is 6.29. The SMILES string of the molecule is CB(c1ccccc1)c1ccccc1.Clc1cccc([SiH2]C(c2ccccc2)(c2ccccc2)n2ccnc2)c1. The molecule has 0 bridgehead atoms. The molecule has 2 nitrogen and oxygen atoms in total. The van der Waals surface area contributed by atoms with Crippen LogP contribution in [0.4, 0.5) is 0 Å². The third-order valence-corrected chi connectivity index (χ3v) is 10.2. The maximum atomic E-state index is 6.29. The van der Waals surface area contributed by atoms with E-state index in [0.29, 0.717) is 6.71 Å². The molecule has 0 N–H and O–H groups in total. The molecule has 40 heavy (non-hydrogen) atoms. The number of imidazole rings is 1. The lowest BCUT2D eigenvalue weighted by Gasteiger charge is -2.37. The minimum atomic E-state index is -0.853. The Kier molecular flexibility index (Phi) is 9.12. The smallest absolute Gasteiger partial charge is 0.206 e. The van der Waals surface area contributed by atoms with Crippen LogP contribution < -0.4 is 16.1 Å². The predicted molar refractivity (Wildman–Crippen MR) is 175 cm³/mol. The molecule has 1 aromatic heterocycles. The lowest BCUT2D eigenvalue weighted by Crippen LogP contribution is -2.46. The van der Waals surface area contributed by atoms with Gasteiger partial charge in [0.25, 0.3) is 0 Å². The Balaban J connectivity index is 0.000000194. The van der Waals surface area contributed by atoms with Crippen molar-refractivity contribution in [3.05, 3.63) is 180 Å². The summed E-state index contributed by atoms with van der Waals surface area (Å²) in [6.07, 6.45) is 5.85. The van der Waals surface area contributed by atoms with Crippen LogP contribution in [0.1, 0.15) is 11.1 Å². The minimum absolute atomic E-state index is 0.260. The number of hydrogen-bond acceptors (Lipinski definition) is 1. The normalized spacial score (nSPS) is 11.2. The van der Waals surface area contributed by atoms with Crippen molar-refractivity contribution in [2.75, 3.05) is 0 Å². The summed E-state index contributed by atoms with van der Waals surface area (Å²) in [5.74, 6) is 0. The number of hydrogen-bond donors (Lipinski definition) is 0. The van der Waals surface area contributed by atoms with E-state index in [1.807, 2.05) is 24.7 Å². The highest BCUT2D eigenvalue weighted by molar-refractivity contribution is 6.84. The van der Waals surface area contributed by atoms with Gasteiger partial charge < -0.3 is 4.57 Å². The van der Waals surface area contributed by atoms with Crippen LogP contribution in [0.3, 0.4) is 0 Å². The van der Waals surface area contributed by atoms with Gasteiger partial charge in [0.2, 0.25) is 6.71 Å². The summed E-state index contributed by atoms with van der Waals surface area (Å²) in [5, 5.41) is 1.85. The quantitative estimate of drug-likeness (QED) is 0.231. The van der Waals surface area contributed by atoms with E-state index in [-0.39, 0.29) is 5.16 Å². The summed E-state index contributed by atoms with van der Waals surface area (Å²) in [7, 11) is -0.853. The second-order valence-electron chi connectivity index (χ2n) is 9.91. The van der Waals surface area contributed by atoms with Crippen LogP contribution >= 0.6 is 11.6 Å². The van der Waals surface area contributed by atoms with Crippen LogP contribution in [0.5, 0.6) is 0 Å². The Labute approximate surface area is 245 Å². The molecule has 0 spiro atoms. The summed E-state index contributed by atoms with van der Waals surface area (Å²) in [6.45, 7) is 2.72. The summed E-state index contributed by atoms with van der Waals surface area (Å²) in [6, 6.07) is 50.9. The number of aromatic nitrogens is 2. The number of halogens is 1. The summed E-state index contributed by atoms with van der Waals surface area (Å²) in [5.41, 5.74) is 5.30. The van der Waals surface area contributed by atoms with Gasteiger partial charge in [0, 0.05) is 17.4 Å². The van der Waals surface area contributed by atoms with Crippen LogP contribution in [0.25, 0.3) is 0 Å². The Morgan fingerprint density at radius 2 is 1.15 bits per heavy atom. The van der Waals surface area contributed by atoms with Gasteiger partial charge in [-0.15, -0.1) is 0 Å². The third-order valence-electron chi connectivity index (χ3n) is 7.40. The monoisotopic (exact) mass is 554 g/mol. The molecule has 0 saturated carbocycles. The first-order valence-corrected chi connectivity index (χ1v) is 15.4. The number of nitrogens with zero attached hydrogens (tertiary/aromatic N) is 2. The lowest BCUT2D eigenvalue weighted by atomic mass is 9.43. The molecule has 5 heteroatoms. The Hall–Kier alpha value is -4.12. The van der Waals surface area contributed by atoms with Crippen molar-refractivity contribution in [2.45, 2.75) is 12.0 Å². The maximum absolute atomic E-state index is 6.29. The van der Waals surface area contributed by atoms with E-state index in [2.05, 4.69) is 156 Å². The van der Waals surface area contributed by atoms with Crippen molar-refractivity contribution < 1.29 is 0 Å². The molecule has 0 radical (unpaired) electrons. The topological polar surface area (TPSA) is 17.8 Å². The van der Waals surface area contributed by atoms with Crippen molar-refractivity contribution in [1.29, 1.82) is 0 Å². The van der Waals surface area contributed by atoms with E-state index >= 15 is 0 Å². The van der Waals surface area contributed by atoms with Gasteiger partial charge >= 0.3 is 0 Å². The molecule has 6 rings (SSSR count). The van der Waals surface area contributed by atoms with E-state index in [1.165, 1.54) is 27.2 Å². The maximum Gasteiger partial charge on any atom is 0.206 e. The molecule has 0 unspecified atom stereocenters. The fourth-order valence-electron chi connectivity index (χ4n) is 5.29. The van der Waals surface area contributed by atoms with Gasteiger partial charge in [0.1, 0.15) is 0 Å². The molecule has 0 aliphatic rings.